The van der Waals surface area contributed by atoms with E-state index in [-0.39, 0.29) is 11.4 Å². The van der Waals surface area contributed by atoms with Gasteiger partial charge in [-0.2, -0.15) is 5.10 Å². The van der Waals surface area contributed by atoms with Crippen molar-refractivity contribution < 1.29 is 14.6 Å². The maximum Gasteiger partial charge on any atom is 0.359 e. The van der Waals surface area contributed by atoms with Crippen LogP contribution in [0, 0.1) is 0 Å². The van der Waals surface area contributed by atoms with Crippen LogP contribution in [0.25, 0.3) is 10.9 Å². The standard InChI is InChI=1S/C10H10N2O3/c1-12-8-5-6(13)3-4-7(8)9(11-12)10(14)15-2/h3-5,13H,1-2H3. The summed E-state index contributed by atoms with van der Waals surface area (Å²) in [6.45, 7) is 0. The minimum Gasteiger partial charge on any atom is -0.508 e. The normalized spacial score (nSPS) is 10.5. The highest BCUT2D eigenvalue weighted by molar-refractivity contribution is 6.02. The van der Waals surface area contributed by atoms with E-state index in [2.05, 4.69) is 9.84 Å². The van der Waals surface area contributed by atoms with Gasteiger partial charge in [-0.25, -0.2) is 4.79 Å². The Kier molecular flexibility index (Phi) is 2.07. The van der Waals surface area contributed by atoms with Gasteiger partial charge in [0, 0.05) is 18.5 Å². The lowest BCUT2D eigenvalue weighted by molar-refractivity contribution is 0.0595. The molecular weight excluding hydrogens is 196 g/mol. The zero-order chi connectivity index (χ0) is 11.0. The third kappa shape index (κ3) is 1.41. The van der Waals surface area contributed by atoms with E-state index in [4.69, 9.17) is 0 Å². The van der Waals surface area contributed by atoms with Crippen LogP contribution in [-0.2, 0) is 11.8 Å². The third-order valence-corrected chi connectivity index (χ3v) is 2.21. The number of fused-ring (bicyclic) bond motifs is 1. The Bertz CT molecular complexity index is 531. The molecule has 15 heavy (non-hydrogen) atoms. The molecule has 0 aliphatic rings. The molecule has 1 aromatic heterocycles. The SMILES string of the molecule is COC(=O)c1nn(C)c2cc(O)ccc12. The van der Waals surface area contributed by atoms with Crippen molar-refractivity contribution in [2.75, 3.05) is 7.11 Å². The summed E-state index contributed by atoms with van der Waals surface area (Å²) >= 11 is 0. The molecule has 0 radical (unpaired) electrons. The lowest BCUT2D eigenvalue weighted by atomic mass is 10.2. The molecule has 2 aromatic rings. The molecule has 0 saturated carbocycles. The van der Waals surface area contributed by atoms with Crippen LogP contribution in [0.5, 0.6) is 5.75 Å². The summed E-state index contributed by atoms with van der Waals surface area (Å²) in [6, 6.07) is 4.70. The van der Waals surface area contributed by atoms with E-state index in [0.717, 1.165) is 0 Å². The quantitative estimate of drug-likeness (QED) is 0.709. The molecule has 0 amide bonds. The highest BCUT2D eigenvalue weighted by atomic mass is 16.5. The number of aryl methyl sites for hydroxylation is 1. The summed E-state index contributed by atoms with van der Waals surface area (Å²) in [5.74, 6) is -0.340. The topological polar surface area (TPSA) is 64.3 Å². The van der Waals surface area contributed by atoms with E-state index >= 15 is 0 Å². The molecule has 1 aromatic carbocycles. The van der Waals surface area contributed by atoms with Gasteiger partial charge in [0.2, 0.25) is 0 Å². The van der Waals surface area contributed by atoms with E-state index < -0.39 is 5.97 Å². The molecule has 0 fully saturated rings. The number of hydrogen-bond donors (Lipinski definition) is 1. The molecule has 0 atom stereocenters. The Morgan fingerprint density at radius 3 is 2.93 bits per heavy atom. The first kappa shape index (κ1) is 9.51. The van der Waals surface area contributed by atoms with Gasteiger partial charge in [-0.15, -0.1) is 0 Å². The van der Waals surface area contributed by atoms with Gasteiger partial charge < -0.3 is 9.84 Å². The lowest BCUT2D eigenvalue weighted by Crippen LogP contribution is -2.03. The number of hydrogen-bond acceptors (Lipinski definition) is 4. The van der Waals surface area contributed by atoms with Crippen molar-refractivity contribution in [3.8, 4) is 5.75 Å². The van der Waals surface area contributed by atoms with Crippen molar-refractivity contribution in [2.45, 2.75) is 0 Å². The molecule has 1 heterocycles. The van der Waals surface area contributed by atoms with Crippen LogP contribution < -0.4 is 0 Å². The average Bonchev–Trinajstić information content (AvgIpc) is 2.55. The Hall–Kier alpha value is -2.04. The minimum absolute atomic E-state index is 0.141. The minimum atomic E-state index is -0.480. The van der Waals surface area contributed by atoms with E-state index in [1.165, 1.54) is 17.9 Å². The Morgan fingerprint density at radius 1 is 1.53 bits per heavy atom. The van der Waals surface area contributed by atoms with Gasteiger partial charge in [0.05, 0.1) is 12.6 Å². The number of rotatable bonds is 1. The van der Waals surface area contributed by atoms with Crippen LogP contribution in [-0.4, -0.2) is 28.0 Å². The Morgan fingerprint density at radius 2 is 2.27 bits per heavy atom. The number of esters is 1. The highest BCUT2D eigenvalue weighted by Gasteiger charge is 2.16. The molecule has 2 rings (SSSR count). The van der Waals surface area contributed by atoms with Gasteiger partial charge in [0.25, 0.3) is 0 Å². The number of phenolic OH excluding ortho intramolecular Hbond substituents is 1. The van der Waals surface area contributed by atoms with Gasteiger partial charge in [0.15, 0.2) is 5.69 Å². The van der Waals surface area contributed by atoms with Crippen LogP contribution in [0.15, 0.2) is 18.2 Å². The molecule has 78 valence electrons. The van der Waals surface area contributed by atoms with Gasteiger partial charge in [-0.05, 0) is 12.1 Å². The van der Waals surface area contributed by atoms with Crippen molar-refractivity contribution in [2.24, 2.45) is 7.05 Å². The van der Waals surface area contributed by atoms with Crippen molar-refractivity contribution in [3.05, 3.63) is 23.9 Å². The smallest absolute Gasteiger partial charge is 0.359 e. The van der Waals surface area contributed by atoms with Gasteiger partial charge in [0.1, 0.15) is 5.75 Å². The average molecular weight is 206 g/mol. The second-order valence-corrected chi connectivity index (χ2v) is 3.17. The predicted octanol–water partition coefficient (Wildman–Crippen LogP) is 1.07. The van der Waals surface area contributed by atoms with Crippen LogP contribution in [0.1, 0.15) is 10.5 Å². The molecular formula is C10H10N2O3. The number of carbonyl (C=O) groups excluding carboxylic acids is 1. The number of aromatic hydroxyl groups is 1. The monoisotopic (exact) mass is 206 g/mol. The van der Waals surface area contributed by atoms with E-state index in [1.807, 2.05) is 0 Å². The zero-order valence-electron chi connectivity index (χ0n) is 8.39. The zero-order valence-corrected chi connectivity index (χ0v) is 8.39. The summed E-state index contributed by atoms with van der Waals surface area (Å²) in [6.07, 6.45) is 0. The molecule has 0 aliphatic heterocycles. The number of aromatic nitrogens is 2. The summed E-state index contributed by atoms with van der Waals surface area (Å²) in [5.41, 5.74) is 0.949. The molecule has 5 nitrogen and oxygen atoms in total. The van der Waals surface area contributed by atoms with Crippen molar-refractivity contribution in [3.63, 3.8) is 0 Å². The maximum atomic E-state index is 11.4. The fraction of sp³-hybridized carbons (Fsp3) is 0.200. The third-order valence-electron chi connectivity index (χ3n) is 2.21. The fourth-order valence-corrected chi connectivity index (χ4v) is 1.49. The highest BCUT2D eigenvalue weighted by Crippen LogP contribution is 2.22. The first-order valence-electron chi connectivity index (χ1n) is 4.37. The second-order valence-electron chi connectivity index (χ2n) is 3.17. The number of carbonyl (C=O) groups is 1. The van der Waals surface area contributed by atoms with Gasteiger partial charge in [-0.1, -0.05) is 0 Å². The van der Waals surface area contributed by atoms with E-state index in [9.17, 15) is 9.90 Å². The van der Waals surface area contributed by atoms with E-state index in [0.29, 0.717) is 10.9 Å². The lowest BCUT2D eigenvalue weighted by Gasteiger charge is -1.95. The second kappa shape index (κ2) is 3.27. The molecule has 0 unspecified atom stereocenters. The maximum absolute atomic E-state index is 11.4. The predicted molar refractivity (Wildman–Crippen MR) is 53.7 cm³/mol. The molecule has 0 spiro atoms. The number of ether oxygens (including phenoxy) is 1. The van der Waals surface area contributed by atoms with Crippen molar-refractivity contribution in [1.82, 2.24) is 9.78 Å². The van der Waals surface area contributed by atoms with Crippen molar-refractivity contribution in [1.29, 1.82) is 0 Å². The van der Waals surface area contributed by atoms with Gasteiger partial charge >= 0.3 is 5.97 Å². The van der Waals surface area contributed by atoms with Gasteiger partial charge in [-0.3, -0.25) is 4.68 Å². The Balaban J connectivity index is 2.73. The Labute approximate surface area is 85.9 Å². The summed E-state index contributed by atoms with van der Waals surface area (Å²) < 4.78 is 6.14. The molecule has 0 aliphatic carbocycles. The molecule has 0 bridgehead atoms. The number of nitrogens with zero attached hydrogens (tertiary/aromatic N) is 2. The van der Waals surface area contributed by atoms with Crippen LogP contribution in [0.3, 0.4) is 0 Å². The largest absolute Gasteiger partial charge is 0.508 e. The molecule has 0 saturated heterocycles. The van der Waals surface area contributed by atoms with Crippen molar-refractivity contribution >= 4 is 16.9 Å². The first-order chi connectivity index (χ1) is 7.13. The fourth-order valence-electron chi connectivity index (χ4n) is 1.49. The summed E-state index contributed by atoms with van der Waals surface area (Å²) in [7, 11) is 3.01. The summed E-state index contributed by atoms with van der Waals surface area (Å²) in [5, 5.41) is 14.0. The number of benzene rings is 1. The molecule has 1 N–H and O–H groups in total. The molecule has 5 heteroatoms. The first-order valence-corrected chi connectivity index (χ1v) is 4.37. The van der Waals surface area contributed by atoms with Crippen LogP contribution >= 0.6 is 0 Å². The van der Waals surface area contributed by atoms with Crippen LogP contribution in [0.2, 0.25) is 0 Å². The number of methoxy groups -OCH3 is 1. The number of phenols is 1. The summed E-state index contributed by atoms with van der Waals surface area (Å²) in [4.78, 5) is 11.4. The van der Waals surface area contributed by atoms with E-state index in [1.54, 1.807) is 19.2 Å². The van der Waals surface area contributed by atoms with Crippen LogP contribution in [0.4, 0.5) is 0 Å².